The molecule has 0 unspecified atom stereocenters. The summed E-state index contributed by atoms with van der Waals surface area (Å²) in [5.74, 6) is 1.05. The van der Waals surface area contributed by atoms with Gasteiger partial charge in [-0.05, 0) is 38.7 Å². The third-order valence-electron chi connectivity index (χ3n) is 5.58. The molecule has 1 aromatic carbocycles. The fraction of sp³-hybridized carbons (Fsp3) is 0.579. The quantitative estimate of drug-likeness (QED) is 0.826. The summed E-state index contributed by atoms with van der Waals surface area (Å²) in [6, 6.07) is 6.33. The molecule has 0 aliphatic carbocycles. The summed E-state index contributed by atoms with van der Waals surface area (Å²) < 4.78 is 7.54. The summed E-state index contributed by atoms with van der Waals surface area (Å²) in [5.41, 5.74) is 2.65. The molecule has 2 aliphatic heterocycles. The van der Waals surface area contributed by atoms with Gasteiger partial charge in [-0.2, -0.15) is 0 Å². The summed E-state index contributed by atoms with van der Waals surface area (Å²) in [6.07, 6.45) is 1.03. The van der Waals surface area contributed by atoms with Crippen LogP contribution in [-0.4, -0.2) is 84.8 Å². The number of likely N-dealkylation sites (tertiary alicyclic amines) is 1. The fourth-order valence-electron chi connectivity index (χ4n) is 3.90. The highest BCUT2D eigenvalue weighted by molar-refractivity contribution is 5.98. The van der Waals surface area contributed by atoms with Gasteiger partial charge in [0.15, 0.2) is 0 Å². The van der Waals surface area contributed by atoms with Gasteiger partial charge in [0.2, 0.25) is 5.95 Å². The topological polar surface area (TPSA) is 53.8 Å². The molecule has 1 atom stereocenters. The second-order valence-electron chi connectivity index (χ2n) is 7.43. The molecule has 1 amide bonds. The predicted molar refractivity (Wildman–Crippen MR) is 102 cm³/mol. The summed E-state index contributed by atoms with van der Waals surface area (Å²) >= 11 is 0. The van der Waals surface area contributed by atoms with Crippen molar-refractivity contribution in [3.8, 4) is 0 Å². The molecular formula is C19H27N5O2. The van der Waals surface area contributed by atoms with Crippen molar-refractivity contribution in [1.82, 2.24) is 19.4 Å². The van der Waals surface area contributed by atoms with Crippen molar-refractivity contribution in [2.45, 2.75) is 12.5 Å². The first kappa shape index (κ1) is 17.3. The molecule has 3 heterocycles. The fourth-order valence-corrected chi connectivity index (χ4v) is 3.90. The van der Waals surface area contributed by atoms with Gasteiger partial charge in [-0.15, -0.1) is 0 Å². The zero-order valence-corrected chi connectivity index (χ0v) is 15.8. The van der Waals surface area contributed by atoms with E-state index in [0.29, 0.717) is 6.04 Å². The van der Waals surface area contributed by atoms with Crippen LogP contribution < -0.4 is 4.90 Å². The number of hydrogen-bond donors (Lipinski definition) is 0. The lowest BCUT2D eigenvalue weighted by molar-refractivity contribution is 0.0783. The van der Waals surface area contributed by atoms with Gasteiger partial charge in [-0.1, -0.05) is 0 Å². The van der Waals surface area contributed by atoms with E-state index in [1.807, 2.05) is 30.1 Å². The number of nitrogens with zero attached hydrogens (tertiary/aromatic N) is 5. The summed E-state index contributed by atoms with van der Waals surface area (Å²) in [7, 11) is 6.18. The van der Waals surface area contributed by atoms with E-state index in [-0.39, 0.29) is 5.91 Å². The molecule has 2 aromatic rings. The van der Waals surface area contributed by atoms with Gasteiger partial charge in [0.1, 0.15) is 0 Å². The zero-order valence-electron chi connectivity index (χ0n) is 15.8. The number of hydrogen-bond acceptors (Lipinski definition) is 5. The minimum Gasteiger partial charge on any atom is -0.378 e. The first-order valence-corrected chi connectivity index (χ1v) is 9.29. The van der Waals surface area contributed by atoms with Crippen LogP contribution in [0, 0.1) is 0 Å². The van der Waals surface area contributed by atoms with Crippen molar-refractivity contribution in [3.05, 3.63) is 23.8 Å². The van der Waals surface area contributed by atoms with Crippen molar-refractivity contribution in [1.29, 1.82) is 0 Å². The summed E-state index contributed by atoms with van der Waals surface area (Å²) in [6.45, 7) is 4.78. The maximum Gasteiger partial charge on any atom is 0.253 e. The largest absolute Gasteiger partial charge is 0.378 e. The van der Waals surface area contributed by atoms with Gasteiger partial charge in [0.05, 0.1) is 24.2 Å². The first-order chi connectivity index (χ1) is 12.5. The second-order valence-corrected chi connectivity index (χ2v) is 7.43. The van der Waals surface area contributed by atoms with Gasteiger partial charge in [-0.25, -0.2) is 4.98 Å². The number of benzene rings is 1. The Morgan fingerprint density at radius 2 is 2.00 bits per heavy atom. The SMILES string of the molecule is CN(C)[C@H]1CCN(C(=O)c2ccc3c(c2)nc(N2CCOCC2)n3C)C1. The normalized spacial score (nSPS) is 21.2. The standard InChI is InChI=1S/C19H27N5O2/c1-21(2)15-6-7-24(13-15)18(25)14-4-5-17-16(12-14)20-19(22(17)3)23-8-10-26-11-9-23/h4-5,12,15H,6-11,13H2,1-3H3/t15-/m0/s1. The Bertz CT molecular complexity index is 810. The van der Waals surface area contributed by atoms with Crippen molar-refractivity contribution in [3.63, 3.8) is 0 Å². The lowest BCUT2D eigenvalue weighted by Crippen LogP contribution is -2.37. The Labute approximate surface area is 154 Å². The number of carbonyl (C=O) groups is 1. The molecule has 2 aliphatic rings. The van der Waals surface area contributed by atoms with E-state index in [9.17, 15) is 4.79 Å². The van der Waals surface area contributed by atoms with E-state index >= 15 is 0 Å². The molecule has 1 aromatic heterocycles. The molecule has 7 heteroatoms. The van der Waals surface area contributed by atoms with Crippen LogP contribution in [0.3, 0.4) is 0 Å². The van der Waals surface area contributed by atoms with Crippen molar-refractivity contribution >= 4 is 22.9 Å². The van der Waals surface area contributed by atoms with Crippen LogP contribution in [-0.2, 0) is 11.8 Å². The lowest BCUT2D eigenvalue weighted by Gasteiger charge is -2.27. The van der Waals surface area contributed by atoms with Crippen molar-refractivity contribution < 1.29 is 9.53 Å². The number of anilines is 1. The maximum absolute atomic E-state index is 12.9. The smallest absolute Gasteiger partial charge is 0.253 e. The molecule has 4 rings (SSSR count). The van der Waals surface area contributed by atoms with E-state index in [1.54, 1.807) is 0 Å². The van der Waals surface area contributed by atoms with Crippen molar-refractivity contribution in [2.24, 2.45) is 7.05 Å². The van der Waals surface area contributed by atoms with E-state index in [4.69, 9.17) is 9.72 Å². The average molecular weight is 357 g/mol. The molecule has 0 saturated carbocycles. The Balaban J connectivity index is 1.58. The molecule has 2 fully saturated rings. The number of aryl methyl sites for hydroxylation is 1. The number of carbonyl (C=O) groups excluding carboxylic acids is 1. The minimum absolute atomic E-state index is 0.106. The van der Waals surface area contributed by atoms with Gasteiger partial charge in [-0.3, -0.25) is 4.79 Å². The van der Waals surface area contributed by atoms with Crippen LogP contribution in [0.2, 0.25) is 0 Å². The molecule has 2 saturated heterocycles. The van der Waals surface area contributed by atoms with E-state index in [2.05, 4.69) is 28.5 Å². The number of aromatic nitrogens is 2. The summed E-state index contributed by atoms with van der Waals surface area (Å²) in [5, 5.41) is 0. The number of morpholine rings is 1. The number of amides is 1. The Morgan fingerprint density at radius 3 is 2.69 bits per heavy atom. The van der Waals surface area contributed by atoms with Crippen LogP contribution in [0.5, 0.6) is 0 Å². The third-order valence-corrected chi connectivity index (χ3v) is 5.58. The molecule has 7 nitrogen and oxygen atoms in total. The Morgan fingerprint density at radius 1 is 1.23 bits per heavy atom. The molecule has 0 spiro atoms. The molecule has 0 bridgehead atoms. The Kier molecular flexibility index (Phi) is 4.58. The van der Waals surface area contributed by atoms with E-state index in [0.717, 1.165) is 68.4 Å². The number of imidazole rings is 1. The monoisotopic (exact) mass is 357 g/mol. The number of ether oxygens (including phenoxy) is 1. The average Bonchev–Trinajstić information content (AvgIpc) is 3.27. The number of likely N-dealkylation sites (N-methyl/N-ethyl adjacent to an activating group) is 1. The van der Waals surface area contributed by atoms with Crippen LogP contribution in [0.1, 0.15) is 16.8 Å². The van der Waals surface area contributed by atoms with Gasteiger partial charge >= 0.3 is 0 Å². The predicted octanol–water partition coefficient (Wildman–Crippen LogP) is 1.19. The van der Waals surface area contributed by atoms with E-state index in [1.165, 1.54) is 0 Å². The highest BCUT2D eigenvalue weighted by Crippen LogP contribution is 2.24. The van der Waals surface area contributed by atoms with Crippen LogP contribution in [0.15, 0.2) is 18.2 Å². The second kappa shape index (κ2) is 6.89. The highest BCUT2D eigenvalue weighted by atomic mass is 16.5. The van der Waals surface area contributed by atoms with Gasteiger partial charge < -0.3 is 24.0 Å². The maximum atomic E-state index is 12.9. The molecule has 0 N–H and O–H groups in total. The lowest BCUT2D eigenvalue weighted by atomic mass is 10.1. The van der Waals surface area contributed by atoms with Gasteiger partial charge in [0, 0.05) is 44.8 Å². The number of rotatable bonds is 3. The van der Waals surface area contributed by atoms with Crippen LogP contribution in [0.25, 0.3) is 11.0 Å². The number of fused-ring (bicyclic) bond motifs is 1. The highest BCUT2D eigenvalue weighted by Gasteiger charge is 2.28. The van der Waals surface area contributed by atoms with Gasteiger partial charge in [0.25, 0.3) is 5.91 Å². The van der Waals surface area contributed by atoms with Crippen LogP contribution in [0.4, 0.5) is 5.95 Å². The molecule has 140 valence electrons. The Hall–Kier alpha value is -2.12. The minimum atomic E-state index is 0.106. The summed E-state index contributed by atoms with van der Waals surface area (Å²) in [4.78, 5) is 24.1. The van der Waals surface area contributed by atoms with E-state index < -0.39 is 0 Å². The molecule has 0 radical (unpaired) electrons. The molecule has 26 heavy (non-hydrogen) atoms. The molecular weight excluding hydrogens is 330 g/mol. The van der Waals surface area contributed by atoms with Crippen LogP contribution >= 0.6 is 0 Å². The van der Waals surface area contributed by atoms with Crippen molar-refractivity contribution in [2.75, 3.05) is 58.4 Å². The zero-order chi connectivity index (χ0) is 18.3. The third kappa shape index (κ3) is 3.05. The first-order valence-electron chi connectivity index (χ1n) is 9.29.